The third-order valence-corrected chi connectivity index (χ3v) is 2.35. The molecule has 2 heterocycles. The van der Waals surface area contributed by atoms with Crippen LogP contribution in [0.15, 0.2) is 15.5 Å². The second-order valence-corrected chi connectivity index (χ2v) is 3.37. The summed E-state index contributed by atoms with van der Waals surface area (Å²) >= 11 is 3.28. The zero-order valence-corrected chi connectivity index (χ0v) is 7.87. The molecule has 1 aliphatic heterocycles. The average molecular weight is 231 g/mol. The van der Waals surface area contributed by atoms with Crippen LogP contribution >= 0.6 is 15.9 Å². The van der Waals surface area contributed by atoms with Crippen molar-refractivity contribution in [3.05, 3.63) is 21.0 Å². The van der Waals surface area contributed by atoms with Gasteiger partial charge in [-0.05, 0) is 22.4 Å². The van der Waals surface area contributed by atoms with E-state index in [1.165, 1.54) is 6.07 Å². The van der Waals surface area contributed by atoms with Crippen LogP contribution < -0.4 is 10.3 Å². The van der Waals surface area contributed by atoms with Gasteiger partial charge in [-0.2, -0.15) is 4.98 Å². The van der Waals surface area contributed by atoms with Crippen molar-refractivity contribution in [3.8, 4) is 6.01 Å². The van der Waals surface area contributed by atoms with Crippen LogP contribution in [0.5, 0.6) is 6.01 Å². The van der Waals surface area contributed by atoms with Crippen molar-refractivity contribution in [2.24, 2.45) is 0 Å². The van der Waals surface area contributed by atoms with Crippen molar-refractivity contribution >= 4 is 15.9 Å². The maximum absolute atomic E-state index is 10.9. The summed E-state index contributed by atoms with van der Waals surface area (Å²) < 4.78 is 7.78. The second kappa shape index (κ2) is 2.90. The largest absolute Gasteiger partial charge is 0.464 e. The van der Waals surface area contributed by atoms with Crippen LogP contribution in [-0.2, 0) is 6.54 Å². The highest BCUT2D eigenvalue weighted by atomic mass is 79.9. The average Bonchev–Trinajstić information content (AvgIpc) is 2.04. The number of halogens is 1. The fourth-order valence-corrected chi connectivity index (χ4v) is 1.68. The lowest BCUT2D eigenvalue weighted by Gasteiger charge is -2.18. The van der Waals surface area contributed by atoms with E-state index >= 15 is 0 Å². The molecule has 0 saturated heterocycles. The number of fused-ring (bicyclic) bond motifs is 1. The first-order valence-electron chi connectivity index (χ1n) is 3.67. The lowest BCUT2D eigenvalue weighted by Crippen LogP contribution is -2.22. The predicted octanol–water partition coefficient (Wildman–Crippen LogP) is 0.788. The Morgan fingerprint density at radius 1 is 1.67 bits per heavy atom. The summed E-state index contributed by atoms with van der Waals surface area (Å²) in [7, 11) is 0. The Hall–Kier alpha value is -0.840. The molecule has 5 heteroatoms. The molecule has 0 amide bonds. The molecule has 64 valence electrons. The minimum absolute atomic E-state index is 0.268. The molecule has 0 radical (unpaired) electrons. The Bertz CT molecular complexity index is 361. The number of hydrogen-bond donors (Lipinski definition) is 0. The molecule has 0 atom stereocenters. The number of hydrogen-bond acceptors (Lipinski definition) is 3. The zero-order valence-electron chi connectivity index (χ0n) is 6.29. The topological polar surface area (TPSA) is 44.1 Å². The first-order valence-corrected chi connectivity index (χ1v) is 4.47. The highest BCUT2D eigenvalue weighted by molar-refractivity contribution is 9.10. The molecule has 1 aromatic heterocycles. The fourth-order valence-electron chi connectivity index (χ4n) is 1.16. The molecule has 0 spiro atoms. The lowest BCUT2D eigenvalue weighted by atomic mass is 10.4. The Balaban J connectivity index is 2.60. The minimum atomic E-state index is -0.268. The van der Waals surface area contributed by atoms with Gasteiger partial charge in [-0.3, -0.25) is 9.36 Å². The molecule has 1 aliphatic rings. The number of nitrogens with zero attached hydrogens (tertiary/aromatic N) is 2. The van der Waals surface area contributed by atoms with Gasteiger partial charge in [-0.15, -0.1) is 0 Å². The SMILES string of the molecule is O=c1cc(Br)n2c(n1)OCCC2. The van der Waals surface area contributed by atoms with Crippen LogP contribution in [0.1, 0.15) is 6.42 Å². The quantitative estimate of drug-likeness (QED) is 0.620. The maximum Gasteiger partial charge on any atom is 0.300 e. The van der Waals surface area contributed by atoms with E-state index in [-0.39, 0.29) is 5.56 Å². The molecule has 0 unspecified atom stereocenters. The first-order chi connectivity index (χ1) is 5.77. The number of rotatable bonds is 0. The lowest BCUT2D eigenvalue weighted by molar-refractivity contribution is 0.222. The van der Waals surface area contributed by atoms with Gasteiger partial charge in [0.1, 0.15) is 0 Å². The molecule has 0 aliphatic carbocycles. The van der Waals surface area contributed by atoms with Crippen LogP contribution in [0.4, 0.5) is 0 Å². The number of ether oxygens (including phenoxy) is 1. The zero-order chi connectivity index (χ0) is 8.55. The van der Waals surface area contributed by atoms with Gasteiger partial charge in [0.25, 0.3) is 5.56 Å². The number of aromatic nitrogens is 2. The van der Waals surface area contributed by atoms with Crippen LogP contribution in [0, 0.1) is 0 Å². The minimum Gasteiger partial charge on any atom is -0.464 e. The van der Waals surface area contributed by atoms with E-state index in [0.29, 0.717) is 12.6 Å². The first kappa shape index (κ1) is 7.79. The highest BCUT2D eigenvalue weighted by Crippen LogP contribution is 2.18. The van der Waals surface area contributed by atoms with Crippen molar-refractivity contribution in [1.29, 1.82) is 0 Å². The summed E-state index contributed by atoms with van der Waals surface area (Å²) in [4.78, 5) is 14.7. The Labute approximate surface area is 77.3 Å². The monoisotopic (exact) mass is 230 g/mol. The third kappa shape index (κ3) is 1.24. The second-order valence-electron chi connectivity index (χ2n) is 2.55. The van der Waals surface area contributed by atoms with E-state index in [4.69, 9.17) is 4.74 Å². The molecule has 12 heavy (non-hydrogen) atoms. The Morgan fingerprint density at radius 3 is 3.33 bits per heavy atom. The van der Waals surface area contributed by atoms with Crippen molar-refractivity contribution in [2.45, 2.75) is 13.0 Å². The Kier molecular flexibility index (Phi) is 1.88. The fraction of sp³-hybridized carbons (Fsp3) is 0.429. The van der Waals surface area contributed by atoms with Gasteiger partial charge >= 0.3 is 6.01 Å². The maximum atomic E-state index is 10.9. The predicted molar refractivity (Wildman–Crippen MR) is 46.3 cm³/mol. The molecule has 0 saturated carbocycles. The summed E-state index contributed by atoms with van der Waals surface area (Å²) in [5.41, 5.74) is -0.268. The van der Waals surface area contributed by atoms with Gasteiger partial charge in [0.2, 0.25) is 0 Å². The summed E-state index contributed by atoms with van der Waals surface area (Å²) in [6, 6.07) is 1.86. The highest BCUT2D eigenvalue weighted by Gasteiger charge is 2.12. The van der Waals surface area contributed by atoms with Gasteiger partial charge < -0.3 is 4.74 Å². The summed E-state index contributed by atoms with van der Waals surface area (Å²) in [6.45, 7) is 1.49. The standard InChI is InChI=1S/C7H7BrN2O2/c8-5-4-6(11)9-7-10(5)2-1-3-12-7/h4H,1-3H2. The third-order valence-electron chi connectivity index (χ3n) is 1.69. The van der Waals surface area contributed by atoms with E-state index in [1.807, 2.05) is 4.57 Å². The molecule has 0 aromatic carbocycles. The summed E-state index contributed by atoms with van der Waals surface area (Å²) in [6.07, 6.45) is 0.955. The van der Waals surface area contributed by atoms with Gasteiger partial charge in [0.05, 0.1) is 11.2 Å². The molecule has 0 bridgehead atoms. The summed E-state index contributed by atoms with van der Waals surface area (Å²) in [5.74, 6) is 0. The van der Waals surface area contributed by atoms with E-state index in [2.05, 4.69) is 20.9 Å². The molecule has 0 N–H and O–H groups in total. The summed E-state index contributed by atoms with van der Waals surface area (Å²) in [5, 5.41) is 0. The Morgan fingerprint density at radius 2 is 2.50 bits per heavy atom. The van der Waals surface area contributed by atoms with Crippen LogP contribution in [-0.4, -0.2) is 16.2 Å². The van der Waals surface area contributed by atoms with E-state index in [0.717, 1.165) is 17.6 Å². The van der Waals surface area contributed by atoms with Gasteiger partial charge in [-0.25, -0.2) is 0 Å². The van der Waals surface area contributed by atoms with E-state index in [9.17, 15) is 4.79 Å². The molecule has 1 aromatic rings. The molecular formula is C7H7BrN2O2. The molecule has 0 fully saturated rings. The van der Waals surface area contributed by atoms with E-state index in [1.54, 1.807) is 0 Å². The van der Waals surface area contributed by atoms with Crippen molar-refractivity contribution < 1.29 is 4.74 Å². The van der Waals surface area contributed by atoms with E-state index < -0.39 is 0 Å². The van der Waals surface area contributed by atoms with Gasteiger partial charge in [0.15, 0.2) is 0 Å². The molecule has 4 nitrogen and oxygen atoms in total. The van der Waals surface area contributed by atoms with Crippen molar-refractivity contribution in [3.63, 3.8) is 0 Å². The van der Waals surface area contributed by atoms with Crippen LogP contribution in [0.25, 0.3) is 0 Å². The smallest absolute Gasteiger partial charge is 0.300 e. The molecular weight excluding hydrogens is 224 g/mol. The molecule has 2 rings (SSSR count). The van der Waals surface area contributed by atoms with Crippen LogP contribution in [0.3, 0.4) is 0 Å². The van der Waals surface area contributed by atoms with Gasteiger partial charge in [-0.1, -0.05) is 0 Å². The van der Waals surface area contributed by atoms with Gasteiger partial charge in [0, 0.05) is 12.6 Å². The normalized spacial score (nSPS) is 15.1. The van der Waals surface area contributed by atoms with Crippen molar-refractivity contribution in [2.75, 3.05) is 6.61 Å². The van der Waals surface area contributed by atoms with Crippen molar-refractivity contribution in [1.82, 2.24) is 9.55 Å². The van der Waals surface area contributed by atoms with Crippen LogP contribution in [0.2, 0.25) is 0 Å².